The highest BCUT2D eigenvalue weighted by Crippen LogP contribution is 2.08. The second-order valence-electron chi connectivity index (χ2n) is 3.98. The standard InChI is InChI=1S/C13H21N3/c1-3-8-16(4-2)10-11-6-5-7-12(9-11)13(14)15/h5-7,9H,3-4,8,10H2,1-2H3,(H3,14,15). The molecule has 0 radical (unpaired) electrons. The monoisotopic (exact) mass is 219 g/mol. The van der Waals surface area contributed by atoms with Crippen molar-refractivity contribution < 1.29 is 0 Å². The molecule has 0 spiro atoms. The maximum atomic E-state index is 7.40. The molecule has 3 N–H and O–H groups in total. The molecular formula is C13H21N3. The van der Waals surface area contributed by atoms with Crippen LogP contribution in [0.1, 0.15) is 31.4 Å². The minimum atomic E-state index is 0.139. The molecule has 0 aromatic heterocycles. The van der Waals surface area contributed by atoms with Crippen LogP contribution in [-0.2, 0) is 6.54 Å². The fourth-order valence-electron chi connectivity index (χ4n) is 1.76. The van der Waals surface area contributed by atoms with Crippen molar-refractivity contribution >= 4 is 5.84 Å². The van der Waals surface area contributed by atoms with Gasteiger partial charge in [0, 0.05) is 12.1 Å². The molecule has 0 atom stereocenters. The summed E-state index contributed by atoms with van der Waals surface area (Å²) in [4.78, 5) is 2.39. The van der Waals surface area contributed by atoms with Crippen LogP contribution in [0.4, 0.5) is 0 Å². The smallest absolute Gasteiger partial charge is 0.122 e. The Morgan fingerprint density at radius 1 is 1.38 bits per heavy atom. The van der Waals surface area contributed by atoms with Crippen LogP contribution >= 0.6 is 0 Å². The summed E-state index contributed by atoms with van der Waals surface area (Å²) in [6.07, 6.45) is 1.17. The summed E-state index contributed by atoms with van der Waals surface area (Å²) in [6, 6.07) is 7.93. The normalized spacial score (nSPS) is 10.7. The van der Waals surface area contributed by atoms with E-state index in [2.05, 4.69) is 24.8 Å². The van der Waals surface area contributed by atoms with Crippen LogP contribution in [0.15, 0.2) is 24.3 Å². The molecule has 0 heterocycles. The Kier molecular flexibility index (Phi) is 4.99. The van der Waals surface area contributed by atoms with Crippen molar-refractivity contribution in [3.63, 3.8) is 0 Å². The summed E-state index contributed by atoms with van der Waals surface area (Å²) < 4.78 is 0. The summed E-state index contributed by atoms with van der Waals surface area (Å²) in [7, 11) is 0. The number of hydrogen-bond donors (Lipinski definition) is 2. The number of hydrogen-bond acceptors (Lipinski definition) is 2. The van der Waals surface area contributed by atoms with Crippen molar-refractivity contribution in [2.24, 2.45) is 5.73 Å². The summed E-state index contributed by atoms with van der Waals surface area (Å²) in [5, 5.41) is 7.40. The van der Waals surface area contributed by atoms with E-state index in [1.807, 2.05) is 18.2 Å². The van der Waals surface area contributed by atoms with E-state index in [0.717, 1.165) is 25.2 Å². The molecule has 88 valence electrons. The van der Waals surface area contributed by atoms with Gasteiger partial charge in [0.1, 0.15) is 5.84 Å². The van der Waals surface area contributed by atoms with Crippen molar-refractivity contribution in [2.45, 2.75) is 26.8 Å². The zero-order valence-corrected chi connectivity index (χ0v) is 10.2. The first-order valence-electron chi connectivity index (χ1n) is 5.83. The lowest BCUT2D eigenvalue weighted by Crippen LogP contribution is -2.23. The third-order valence-corrected chi connectivity index (χ3v) is 2.63. The van der Waals surface area contributed by atoms with Crippen molar-refractivity contribution in [2.75, 3.05) is 13.1 Å². The molecule has 3 nitrogen and oxygen atoms in total. The largest absolute Gasteiger partial charge is 0.384 e. The van der Waals surface area contributed by atoms with Gasteiger partial charge in [0.05, 0.1) is 0 Å². The summed E-state index contributed by atoms with van der Waals surface area (Å²) in [5.41, 5.74) is 7.51. The zero-order valence-electron chi connectivity index (χ0n) is 10.2. The predicted octanol–water partition coefficient (Wildman–Crippen LogP) is 2.20. The highest BCUT2D eigenvalue weighted by Gasteiger charge is 2.03. The molecule has 1 rings (SSSR count). The highest BCUT2D eigenvalue weighted by molar-refractivity contribution is 5.95. The Hall–Kier alpha value is -1.35. The number of nitrogens with one attached hydrogen (secondary N) is 1. The van der Waals surface area contributed by atoms with Crippen LogP contribution in [-0.4, -0.2) is 23.8 Å². The first kappa shape index (κ1) is 12.7. The van der Waals surface area contributed by atoms with Gasteiger partial charge in [0.15, 0.2) is 0 Å². The number of amidine groups is 1. The number of nitrogen functional groups attached to an aromatic ring is 1. The van der Waals surface area contributed by atoms with Gasteiger partial charge in [-0.1, -0.05) is 32.0 Å². The molecule has 0 bridgehead atoms. The van der Waals surface area contributed by atoms with Crippen LogP contribution in [0.2, 0.25) is 0 Å². The zero-order chi connectivity index (χ0) is 12.0. The number of rotatable bonds is 6. The molecule has 0 unspecified atom stereocenters. The first-order valence-corrected chi connectivity index (χ1v) is 5.83. The Balaban J connectivity index is 2.72. The lowest BCUT2D eigenvalue weighted by molar-refractivity contribution is 0.280. The van der Waals surface area contributed by atoms with E-state index in [9.17, 15) is 0 Å². The number of nitrogens with zero attached hydrogens (tertiary/aromatic N) is 1. The summed E-state index contributed by atoms with van der Waals surface area (Å²) in [6.45, 7) is 7.46. The van der Waals surface area contributed by atoms with Gasteiger partial charge in [-0.25, -0.2) is 0 Å². The third-order valence-electron chi connectivity index (χ3n) is 2.63. The van der Waals surface area contributed by atoms with E-state index in [-0.39, 0.29) is 5.84 Å². The Bertz CT molecular complexity index is 347. The molecule has 0 aliphatic rings. The van der Waals surface area contributed by atoms with Crippen LogP contribution < -0.4 is 5.73 Å². The maximum absolute atomic E-state index is 7.40. The molecule has 0 aliphatic heterocycles. The van der Waals surface area contributed by atoms with Crippen molar-refractivity contribution in [3.05, 3.63) is 35.4 Å². The van der Waals surface area contributed by atoms with Crippen LogP contribution in [0.5, 0.6) is 0 Å². The number of benzene rings is 1. The topological polar surface area (TPSA) is 53.1 Å². The van der Waals surface area contributed by atoms with E-state index < -0.39 is 0 Å². The molecule has 0 fully saturated rings. The van der Waals surface area contributed by atoms with E-state index in [1.54, 1.807) is 0 Å². The van der Waals surface area contributed by atoms with Gasteiger partial charge in [0.25, 0.3) is 0 Å². The molecule has 0 aliphatic carbocycles. The molecule has 3 heteroatoms. The van der Waals surface area contributed by atoms with E-state index in [4.69, 9.17) is 11.1 Å². The van der Waals surface area contributed by atoms with Crippen LogP contribution in [0.25, 0.3) is 0 Å². The highest BCUT2D eigenvalue weighted by atomic mass is 15.1. The fourth-order valence-corrected chi connectivity index (χ4v) is 1.76. The van der Waals surface area contributed by atoms with Gasteiger partial charge in [-0.2, -0.15) is 0 Å². The minimum Gasteiger partial charge on any atom is -0.384 e. The van der Waals surface area contributed by atoms with Gasteiger partial charge >= 0.3 is 0 Å². The van der Waals surface area contributed by atoms with E-state index >= 15 is 0 Å². The second-order valence-corrected chi connectivity index (χ2v) is 3.98. The predicted molar refractivity (Wildman–Crippen MR) is 68.7 cm³/mol. The average Bonchev–Trinajstić information content (AvgIpc) is 2.29. The Labute approximate surface area is 97.8 Å². The molecule has 0 saturated heterocycles. The molecule has 0 saturated carbocycles. The molecule has 1 aromatic rings. The first-order chi connectivity index (χ1) is 7.67. The lowest BCUT2D eigenvalue weighted by atomic mass is 10.1. The Morgan fingerprint density at radius 3 is 2.69 bits per heavy atom. The average molecular weight is 219 g/mol. The van der Waals surface area contributed by atoms with Gasteiger partial charge < -0.3 is 5.73 Å². The quantitative estimate of drug-likeness (QED) is 0.569. The summed E-state index contributed by atoms with van der Waals surface area (Å²) >= 11 is 0. The van der Waals surface area contributed by atoms with Gasteiger partial charge in [-0.15, -0.1) is 0 Å². The van der Waals surface area contributed by atoms with Crippen molar-refractivity contribution in [1.82, 2.24) is 4.90 Å². The minimum absolute atomic E-state index is 0.139. The molecule has 1 aromatic carbocycles. The van der Waals surface area contributed by atoms with E-state index in [0.29, 0.717) is 0 Å². The number of nitrogens with two attached hydrogens (primary N) is 1. The lowest BCUT2D eigenvalue weighted by Gasteiger charge is -2.19. The maximum Gasteiger partial charge on any atom is 0.122 e. The van der Waals surface area contributed by atoms with Gasteiger partial charge in [-0.3, -0.25) is 10.3 Å². The second kappa shape index (κ2) is 6.28. The van der Waals surface area contributed by atoms with Crippen molar-refractivity contribution in [3.8, 4) is 0 Å². The van der Waals surface area contributed by atoms with Gasteiger partial charge in [0.2, 0.25) is 0 Å². The molecule has 16 heavy (non-hydrogen) atoms. The molecule has 0 amide bonds. The van der Waals surface area contributed by atoms with E-state index in [1.165, 1.54) is 12.0 Å². The SMILES string of the molecule is CCCN(CC)Cc1cccc(C(=N)N)c1. The van der Waals surface area contributed by atoms with Gasteiger partial charge in [-0.05, 0) is 31.1 Å². The molecular weight excluding hydrogens is 198 g/mol. The van der Waals surface area contributed by atoms with Crippen molar-refractivity contribution in [1.29, 1.82) is 5.41 Å². The third kappa shape index (κ3) is 3.66. The van der Waals surface area contributed by atoms with Crippen LogP contribution in [0.3, 0.4) is 0 Å². The van der Waals surface area contributed by atoms with Crippen LogP contribution in [0, 0.1) is 5.41 Å². The fraction of sp³-hybridized carbons (Fsp3) is 0.462. The Morgan fingerprint density at radius 2 is 2.12 bits per heavy atom. The summed E-state index contributed by atoms with van der Waals surface area (Å²) in [5.74, 6) is 0.139.